The SMILES string of the molecule is O=[N+]([O-])/C=C(\c1ccccc1)S(=O)(=O)c1ccccc1. The zero-order valence-electron chi connectivity index (χ0n) is 10.3. The van der Waals surface area contributed by atoms with Gasteiger partial charge in [-0.3, -0.25) is 10.1 Å². The first-order chi connectivity index (χ1) is 9.51. The van der Waals surface area contributed by atoms with Crippen molar-refractivity contribution in [2.24, 2.45) is 0 Å². The molecule has 0 saturated heterocycles. The van der Waals surface area contributed by atoms with Gasteiger partial charge in [-0.05, 0) is 17.7 Å². The van der Waals surface area contributed by atoms with Crippen molar-refractivity contribution in [1.82, 2.24) is 0 Å². The fraction of sp³-hybridized carbons (Fsp3) is 0. The zero-order valence-corrected chi connectivity index (χ0v) is 11.2. The molecule has 0 aromatic heterocycles. The van der Waals surface area contributed by atoms with Crippen LogP contribution in [0.5, 0.6) is 0 Å². The van der Waals surface area contributed by atoms with Gasteiger partial charge in [0, 0.05) is 0 Å². The van der Waals surface area contributed by atoms with Crippen molar-refractivity contribution in [2.75, 3.05) is 0 Å². The van der Waals surface area contributed by atoms with E-state index in [9.17, 15) is 18.5 Å². The molecule has 6 heteroatoms. The quantitative estimate of drug-likeness (QED) is 0.640. The number of nitrogens with zero attached hydrogens (tertiary/aromatic N) is 1. The van der Waals surface area contributed by atoms with Crippen molar-refractivity contribution >= 4 is 14.7 Å². The van der Waals surface area contributed by atoms with Gasteiger partial charge in [0.15, 0.2) is 0 Å². The van der Waals surface area contributed by atoms with Crippen LogP contribution < -0.4 is 0 Å². The number of nitro groups is 1. The van der Waals surface area contributed by atoms with Crippen LogP contribution in [0.15, 0.2) is 71.8 Å². The van der Waals surface area contributed by atoms with Gasteiger partial charge in [-0.2, -0.15) is 0 Å². The van der Waals surface area contributed by atoms with Crippen molar-refractivity contribution in [3.63, 3.8) is 0 Å². The summed E-state index contributed by atoms with van der Waals surface area (Å²) in [5, 5.41) is 10.7. The number of rotatable bonds is 4. The van der Waals surface area contributed by atoms with Gasteiger partial charge in [-0.1, -0.05) is 48.5 Å². The highest BCUT2D eigenvalue weighted by Gasteiger charge is 2.25. The van der Waals surface area contributed by atoms with Crippen LogP contribution in [0.1, 0.15) is 5.56 Å². The summed E-state index contributed by atoms with van der Waals surface area (Å²) < 4.78 is 25.0. The molecule has 2 aromatic carbocycles. The third kappa shape index (κ3) is 2.92. The van der Waals surface area contributed by atoms with E-state index in [1.165, 1.54) is 24.3 Å². The molecule has 0 atom stereocenters. The van der Waals surface area contributed by atoms with E-state index >= 15 is 0 Å². The van der Waals surface area contributed by atoms with E-state index in [0.717, 1.165) is 0 Å². The Labute approximate surface area is 116 Å². The van der Waals surface area contributed by atoms with Crippen molar-refractivity contribution in [3.8, 4) is 0 Å². The lowest BCUT2D eigenvalue weighted by atomic mass is 10.2. The Morgan fingerprint density at radius 2 is 1.45 bits per heavy atom. The summed E-state index contributed by atoms with van der Waals surface area (Å²) in [4.78, 5) is 9.66. The normalized spacial score (nSPS) is 12.1. The maximum absolute atomic E-state index is 12.5. The first kappa shape index (κ1) is 14.0. The van der Waals surface area contributed by atoms with E-state index in [2.05, 4.69) is 0 Å². The fourth-order valence-electron chi connectivity index (χ4n) is 1.72. The molecule has 0 unspecified atom stereocenters. The van der Waals surface area contributed by atoms with E-state index in [1.54, 1.807) is 36.4 Å². The van der Waals surface area contributed by atoms with Crippen molar-refractivity contribution in [1.29, 1.82) is 0 Å². The van der Waals surface area contributed by atoms with Crippen LogP contribution in [0, 0.1) is 10.1 Å². The van der Waals surface area contributed by atoms with Gasteiger partial charge in [0.2, 0.25) is 9.84 Å². The summed E-state index contributed by atoms with van der Waals surface area (Å²) >= 11 is 0. The molecule has 0 aliphatic carbocycles. The third-order valence-electron chi connectivity index (χ3n) is 2.62. The molecule has 0 N–H and O–H groups in total. The van der Waals surface area contributed by atoms with Gasteiger partial charge in [0.1, 0.15) is 4.91 Å². The van der Waals surface area contributed by atoms with Crippen LogP contribution in [-0.4, -0.2) is 13.3 Å². The first-order valence-corrected chi connectivity index (χ1v) is 7.21. The zero-order chi connectivity index (χ0) is 14.6. The van der Waals surface area contributed by atoms with Crippen LogP contribution in [-0.2, 0) is 9.84 Å². The Balaban J connectivity index is 2.63. The van der Waals surface area contributed by atoms with Crippen LogP contribution in [0.25, 0.3) is 4.91 Å². The van der Waals surface area contributed by atoms with Gasteiger partial charge in [0.05, 0.1) is 9.82 Å². The van der Waals surface area contributed by atoms with E-state index in [4.69, 9.17) is 0 Å². The maximum Gasteiger partial charge on any atom is 0.254 e. The lowest BCUT2D eigenvalue weighted by molar-refractivity contribution is -0.401. The standard InChI is InChI=1S/C14H11NO4S/c16-15(17)11-14(12-7-3-1-4-8-12)20(18,19)13-9-5-2-6-10-13/h1-11H/b14-11+. The Hall–Kier alpha value is -2.47. The molecule has 0 radical (unpaired) electrons. The summed E-state index contributed by atoms with van der Waals surface area (Å²) in [6.45, 7) is 0. The van der Waals surface area contributed by atoms with Crippen LogP contribution in [0.4, 0.5) is 0 Å². The van der Waals surface area contributed by atoms with E-state index < -0.39 is 14.8 Å². The van der Waals surface area contributed by atoms with Gasteiger partial charge in [0.25, 0.3) is 6.20 Å². The predicted molar refractivity (Wildman–Crippen MR) is 75.0 cm³/mol. The van der Waals surface area contributed by atoms with Gasteiger partial charge >= 0.3 is 0 Å². The predicted octanol–water partition coefficient (Wildman–Crippen LogP) is 2.74. The van der Waals surface area contributed by atoms with E-state index in [1.807, 2.05) is 0 Å². The molecular weight excluding hydrogens is 278 g/mol. The molecule has 0 saturated carbocycles. The lowest BCUT2D eigenvalue weighted by Gasteiger charge is -2.07. The molecule has 20 heavy (non-hydrogen) atoms. The van der Waals surface area contributed by atoms with E-state index in [0.29, 0.717) is 6.20 Å². The molecule has 0 bridgehead atoms. The smallest absolute Gasteiger partial charge is 0.254 e. The number of hydrogen-bond acceptors (Lipinski definition) is 4. The Kier molecular flexibility index (Phi) is 3.95. The Morgan fingerprint density at radius 3 is 1.95 bits per heavy atom. The fourth-order valence-corrected chi connectivity index (χ4v) is 3.16. The lowest BCUT2D eigenvalue weighted by Crippen LogP contribution is -2.06. The topological polar surface area (TPSA) is 77.3 Å². The highest BCUT2D eigenvalue weighted by atomic mass is 32.2. The van der Waals surface area contributed by atoms with Crippen LogP contribution >= 0.6 is 0 Å². The number of hydrogen-bond donors (Lipinski definition) is 0. The van der Waals surface area contributed by atoms with Crippen LogP contribution in [0.3, 0.4) is 0 Å². The minimum atomic E-state index is -3.93. The summed E-state index contributed by atoms with van der Waals surface area (Å²) in [6.07, 6.45) is 0.525. The second-order valence-corrected chi connectivity index (χ2v) is 5.88. The Bertz CT molecular complexity index is 737. The van der Waals surface area contributed by atoms with Crippen molar-refractivity contribution in [3.05, 3.63) is 82.5 Å². The monoisotopic (exact) mass is 289 g/mol. The molecule has 0 amide bonds. The number of benzene rings is 2. The molecule has 0 aliphatic heterocycles. The highest BCUT2D eigenvalue weighted by Crippen LogP contribution is 2.27. The third-order valence-corrected chi connectivity index (χ3v) is 4.44. The van der Waals surface area contributed by atoms with Crippen molar-refractivity contribution in [2.45, 2.75) is 4.90 Å². The molecule has 0 heterocycles. The number of sulfone groups is 1. The molecule has 102 valence electrons. The molecular formula is C14H11NO4S. The summed E-state index contributed by atoms with van der Waals surface area (Å²) in [7, 11) is -3.93. The Morgan fingerprint density at radius 1 is 0.950 bits per heavy atom. The molecule has 0 fully saturated rings. The van der Waals surface area contributed by atoms with Crippen molar-refractivity contribution < 1.29 is 13.3 Å². The highest BCUT2D eigenvalue weighted by molar-refractivity contribution is 8.00. The second kappa shape index (κ2) is 5.66. The first-order valence-electron chi connectivity index (χ1n) is 5.72. The van der Waals surface area contributed by atoms with Crippen LogP contribution in [0.2, 0.25) is 0 Å². The van der Waals surface area contributed by atoms with E-state index in [-0.39, 0.29) is 15.4 Å². The largest absolute Gasteiger partial charge is 0.259 e. The van der Waals surface area contributed by atoms with Gasteiger partial charge < -0.3 is 0 Å². The minimum Gasteiger partial charge on any atom is -0.259 e. The van der Waals surface area contributed by atoms with Gasteiger partial charge in [-0.25, -0.2) is 8.42 Å². The summed E-state index contributed by atoms with van der Waals surface area (Å²) in [6, 6.07) is 15.7. The minimum absolute atomic E-state index is 0.0250. The maximum atomic E-state index is 12.5. The molecule has 5 nitrogen and oxygen atoms in total. The molecule has 0 aliphatic rings. The van der Waals surface area contributed by atoms with Gasteiger partial charge in [-0.15, -0.1) is 0 Å². The molecule has 2 rings (SSSR count). The average molecular weight is 289 g/mol. The second-order valence-electron chi connectivity index (χ2n) is 3.96. The summed E-state index contributed by atoms with van der Waals surface area (Å²) in [5.41, 5.74) is 0.285. The molecule has 0 spiro atoms. The molecule has 2 aromatic rings. The average Bonchev–Trinajstić information content (AvgIpc) is 2.46. The summed E-state index contributed by atoms with van der Waals surface area (Å²) in [5.74, 6) is 0.